The Kier molecular flexibility index (Phi) is 2.95. The van der Waals surface area contributed by atoms with Crippen LogP contribution in [0.2, 0.25) is 0 Å². The minimum Gasteiger partial charge on any atom is -0.493 e. The van der Waals surface area contributed by atoms with Crippen LogP contribution >= 0.6 is 0 Å². The zero-order chi connectivity index (χ0) is 10.8. The smallest absolute Gasteiger partial charge is 0.332 e. The number of methoxy groups -OCH3 is 2. The normalized spacial score (nSPS) is 11.1. The van der Waals surface area contributed by atoms with Crippen molar-refractivity contribution in [3.8, 4) is 11.5 Å². The molecule has 0 N–H and O–H groups in total. The van der Waals surface area contributed by atoms with Gasteiger partial charge in [0.25, 0.3) is 0 Å². The molecule has 0 saturated carbocycles. The van der Waals surface area contributed by atoms with Gasteiger partial charge in [-0.15, -0.1) is 3.89 Å². The van der Waals surface area contributed by atoms with Crippen molar-refractivity contribution >= 4 is 10.2 Å². The Balaban J connectivity index is 3.28. The van der Waals surface area contributed by atoms with E-state index in [1.54, 1.807) is 0 Å². The quantitative estimate of drug-likeness (QED) is 0.722. The lowest BCUT2D eigenvalue weighted by Crippen LogP contribution is -1.95. The molecule has 0 fully saturated rings. The largest absolute Gasteiger partial charge is 0.493 e. The molecule has 0 aliphatic heterocycles. The van der Waals surface area contributed by atoms with E-state index in [0.717, 1.165) is 12.1 Å². The van der Waals surface area contributed by atoms with Crippen molar-refractivity contribution in [2.45, 2.75) is 4.90 Å². The Hall–Kier alpha value is -1.30. The Morgan fingerprint density at radius 3 is 2.14 bits per heavy atom. The lowest BCUT2D eigenvalue weighted by atomic mass is 10.3. The topological polar surface area (TPSA) is 52.6 Å². The molecule has 4 nitrogen and oxygen atoms in total. The maximum Gasteiger partial charge on any atom is 0.332 e. The average Bonchev–Trinajstić information content (AvgIpc) is 2.15. The van der Waals surface area contributed by atoms with Crippen molar-refractivity contribution in [3.63, 3.8) is 0 Å². The molecule has 0 aliphatic rings. The lowest BCUT2D eigenvalue weighted by Gasteiger charge is -2.07. The van der Waals surface area contributed by atoms with Gasteiger partial charge in [-0.05, 0) is 12.1 Å². The monoisotopic (exact) mass is 220 g/mol. The number of ether oxygens (including phenoxy) is 2. The highest BCUT2D eigenvalue weighted by Gasteiger charge is 2.14. The molecule has 78 valence electrons. The van der Waals surface area contributed by atoms with E-state index in [1.807, 2.05) is 0 Å². The molecule has 0 aliphatic carbocycles. The number of halogens is 1. The molecular weight excluding hydrogens is 211 g/mol. The van der Waals surface area contributed by atoms with Gasteiger partial charge in [-0.2, -0.15) is 8.42 Å². The zero-order valence-electron chi connectivity index (χ0n) is 7.65. The number of benzene rings is 1. The van der Waals surface area contributed by atoms with Crippen molar-refractivity contribution in [1.29, 1.82) is 0 Å². The van der Waals surface area contributed by atoms with Crippen molar-refractivity contribution in [2.24, 2.45) is 0 Å². The number of hydrogen-bond donors (Lipinski definition) is 0. The van der Waals surface area contributed by atoms with Gasteiger partial charge in [-0.1, -0.05) is 0 Å². The van der Waals surface area contributed by atoms with Gasteiger partial charge in [0.05, 0.1) is 14.2 Å². The van der Waals surface area contributed by atoms with Gasteiger partial charge in [0.1, 0.15) is 4.90 Å². The third-order valence-electron chi connectivity index (χ3n) is 1.64. The van der Waals surface area contributed by atoms with Gasteiger partial charge < -0.3 is 9.47 Å². The maximum atomic E-state index is 12.5. The summed E-state index contributed by atoms with van der Waals surface area (Å²) in [6, 6.07) is 3.50. The van der Waals surface area contributed by atoms with Crippen LogP contribution in [0.5, 0.6) is 11.5 Å². The second-order valence-electron chi connectivity index (χ2n) is 2.45. The van der Waals surface area contributed by atoms with Crippen molar-refractivity contribution in [1.82, 2.24) is 0 Å². The Morgan fingerprint density at radius 2 is 1.71 bits per heavy atom. The van der Waals surface area contributed by atoms with E-state index in [4.69, 9.17) is 9.47 Å². The summed E-state index contributed by atoms with van der Waals surface area (Å²) >= 11 is 0. The molecule has 0 radical (unpaired) electrons. The third kappa shape index (κ3) is 2.14. The number of hydrogen-bond acceptors (Lipinski definition) is 4. The van der Waals surface area contributed by atoms with Gasteiger partial charge in [-0.25, -0.2) is 0 Å². The van der Waals surface area contributed by atoms with E-state index >= 15 is 0 Å². The highest BCUT2D eigenvalue weighted by atomic mass is 32.3. The summed E-state index contributed by atoms with van der Waals surface area (Å²) < 4.78 is 43.3. The summed E-state index contributed by atoms with van der Waals surface area (Å²) in [6.45, 7) is 0. The molecule has 0 aromatic heterocycles. The number of rotatable bonds is 3. The summed E-state index contributed by atoms with van der Waals surface area (Å²) in [5, 5.41) is 0. The van der Waals surface area contributed by atoms with E-state index in [1.165, 1.54) is 20.3 Å². The molecule has 0 bridgehead atoms. The van der Waals surface area contributed by atoms with Crippen LogP contribution < -0.4 is 9.47 Å². The molecule has 1 aromatic carbocycles. The van der Waals surface area contributed by atoms with Crippen molar-refractivity contribution < 1.29 is 21.8 Å². The maximum absolute atomic E-state index is 12.5. The SMILES string of the molecule is COc1ccc(S(=O)(=O)F)cc1OC. The van der Waals surface area contributed by atoms with E-state index in [0.29, 0.717) is 5.75 Å². The summed E-state index contributed by atoms with van der Waals surface area (Å²) in [5.41, 5.74) is 0. The van der Waals surface area contributed by atoms with Crippen molar-refractivity contribution in [3.05, 3.63) is 18.2 Å². The first-order valence-corrected chi connectivity index (χ1v) is 5.04. The summed E-state index contributed by atoms with van der Waals surface area (Å²) in [7, 11) is -1.95. The highest BCUT2D eigenvalue weighted by Crippen LogP contribution is 2.29. The fraction of sp³-hybridized carbons (Fsp3) is 0.250. The van der Waals surface area contributed by atoms with Crippen LogP contribution in [0, 0.1) is 0 Å². The van der Waals surface area contributed by atoms with Crippen LogP contribution in [0.15, 0.2) is 23.1 Å². The predicted octanol–water partition coefficient (Wildman–Crippen LogP) is 1.36. The van der Waals surface area contributed by atoms with Crippen LogP contribution in [0.1, 0.15) is 0 Å². The fourth-order valence-electron chi connectivity index (χ4n) is 0.968. The van der Waals surface area contributed by atoms with E-state index < -0.39 is 15.1 Å². The first-order valence-electron chi connectivity index (χ1n) is 3.65. The van der Waals surface area contributed by atoms with Gasteiger partial charge in [0, 0.05) is 6.07 Å². The molecule has 14 heavy (non-hydrogen) atoms. The summed E-state index contributed by atoms with van der Waals surface area (Å²) in [5.74, 6) is 0.520. The van der Waals surface area contributed by atoms with Crippen molar-refractivity contribution in [2.75, 3.05) is 14.2 Å². The molecule has 0 amide bonds. The zero-order valence-corrected chi connectivity index (χ0v) is 8.47. The van der Waals surface area contributed by atoms with E-state index in [9.17, 15) is 12.3 Å². The molecular formula is C8H9FO4S. The summed E-state index contributed by atoms with van der Waals surface area (Å²) in [4.78, 5) is -0.449. The lowest BCUT2D eigenvalue weighted by molar-refractivity contribution is 0.353. The molecule has 1 aromatic rings. The molecule has 0 heterocycles. The highest BCUT2D eigenvalue weighted by molar-refractivity contribution is 7.86. The Bertz CT molecular complexity index is 427. The minimum absolute atomic E-state index is 0.172. The standard InChI is InChI=1S/C8H9FO4S/c1-12-7-4-3-6(14(9,10)11)5-8(7)13-2/h3-5H,1-2H3. The third-order valence-corrected chi connectivity index (χ3v) is 2.45. The molecule has 0 unspecified atom stereocenters. The fourth-order valence-corrected chi connectivity index (χ4v) is 1.45. The Labute approximate surface area is 81.5 Å². The van der Waals surface area contributed by atoms with E-state index in [-0.39, 0.29) is 5.75 Å². The van der Waals surface area contributed by atoms with Crippen LogP contribution in [0.3, 0.4) is 0 Å². The van der Waals surface area contributed by atoms with Gasteiger partial charge in [0.15, 0.2) is 11.5 Å². The molecule has 0 saturated heterocycles. The first kappa shape index (κ1) is 10.8. The van der Waals surface area contributed by atoms with E-state index in [2.05, 4.69) is 0 Å². The Morgan fingerprint density at radius 1 is 1.14 bits per heavy atom. The van der Waals surface area contributed by atoms with Gasteiger partial charge >= 0.3 is 10.2 Å². The molecule has 0 spiro atoms. The summed E-state index contributed by atoms with van der Waals surface area (Å²) in [6.07, 6.45) is 0. The second kappa shape index (κ2) is 3.83. The van der Waals surface area contributed by atoms with Crippen LogP contribution in [0.25, 0.3) is 0 Å². The second-order valence-corrected chi connectivity index (χ2v) is 3.80. The first-order chi connectivity index (χ1) is 6.49. The van der Waals surface area contributed by atoms with Crippen LogP contribution in [0.4, 0.5) is 3.89 Å². The van der Waals surface area contributed by atoms with Crippen LogP contribution in [-0.2, 0) is 10.2 Å². The molecule has 1 rings (SSSR count). The minimum atomic E-state index is -4.70. The van der Waals surface area contributed by atoms with Gasteiger partial charge in [-0.3, -0.25) is 0 Å². The van der Waals surface area contributed by atoms with Gasteiger partial charge in [0.2, 0.25) is 0 Å². The molecule has 0 atom stereocenters. The molecule has 6 heteroatoms. The predicted molar refractivity (Wildman–Crippen MR) is 47.8 cm³/mol. The van der Waals surface area contributed by atoms with Crippen LogP contribution in [-0.4, -0.2) is 22.6 Å². The average molecular weight is 220 g/mol.